The maximum absolute atomic E-state index is 12.3. The fourth-order valence-electron chi connectivity index (χ4n) is 0.692. The lowest BCUT2D eigenvalue weighted by atomic mass is 10.3. The van der Waals surface area contributed by atoms with Crippen molar-refractivity contribution in [2.75, 3.05) is 6.54 Å². The Balaban J connectivity index is 2.56. The molecule has 10 heteroatoms. The van der Waals surface area contributed by atoms with E-state index in [1.54, 1.807) is 0 Å². The van der Waals surface area contributed by atoms with E-state index >= 15 is 0 Å². The van der Waals surface area contributed by atoms with Gasteiger partial charge < -0.3 is 10.3 Å². The zero-order valence-electron chi connectivity index (χ0n) is 7.48. The van der Waals surface area contributed by atoms with Gasteiger partial charge in [0.1, 0.15) is 6.33 Å². The maximum atomic E-state index is 12.3. The number of hydrogen-bond donors (Lipinski definition) is 2. The van der Waals surface area contributed by atoms with E-state index in [0.29, 0.717) is 0 Å². The standard InChI is InChI=1S/C6H5F5N4O/c7-5(8,6(9,10)11)1-12-4(16)3-13-2-14-15-3/h2H,1H2,(H,12,16)(H,13,14,15). The average Bonchev–Trinajstić information content (AvgIpc) is 2.65. The van der Waals surface area contributed by atoms with Crippen molar-refractivity contribution < 1.29 is 26.7 Å². The van der Waals surface area contributed by atoms with Gasteiger partial charge in [-0.2, -0.15) is 22.0 Å². The summed E-state index contributed by atoms with van der Waals surface area (Å²) in [6.07, 6.45) is -4.72. The molecule has 16 heavy (non-hydrogen) atoms. The maximum Gasteiger partial charge on any atom is 0.455 e. The van der Waals surface area contributed by atoms with E-state index in [1.807, 2.05) is 0 Å². The van der Waals surface area contributed by atoms with Crippen LogP contribution in [0, 0.1) is 0 Å². The van der Waals surface area contributed by atoms with Crippen LogP contribution in [0.2, 0.25) is 0 Å². The molecular formula is C6H5F5N4O. The number of carbonyl (C=O) groups excluding carboxylic acids is 1. The third kappa shape index (κ3) is 2.64. The Bertz CT molecular complexity index is 359. The van der Waals surface area contributed by atoms with Crippen LogP contribution in [0.25, 0.3) is 0 Å². The van der Waals surface area contributed by atoms with E-state index in [4.69, 9.17) is 0 Å². The first kappa shape index (κ1) is 12.3. The van der Waals surface area contributed by atoms with Gasteiger partial charge in [0.15, 0.2) is 0 Å². The summed E-state index contributed by atoms with van der Waals surface area (Å²) in [5.74, 6) is -6.62. The van der Waals surface area contributed by atoms with Crippen LogP contribution in [-0.2, 0) is 0 Å². The minimum absolute atomic E-state index is 0.446. The largest absolute Gasteiger partial charge is 0.455 e. The molecule has 0 saturated carbocycles. The molecule has 0 aliphatic carbocycles. The number of carbonyl (C=O) groups is 1. The minimum Gasteiger partial charge on any atom is -0.343 e. The molecule has 0 spiro atoms. The van der Waals surface area contributed by atoms with Gasteiger partial charge in [-0.1, -0.05) is 0 Å². The molecule has 0 bridgehead atoms. The molecule has 0 atom stereocenters. The van der Waals surface area contributed by atoms with Gasteiger partial charge in [0, 0.05) is 0 Å². The van der Waals surface area contributed by atoms with E-state index in [2.05, 4.69) is 15.2 Å². The molecule has 0 aromatic carbocycles. The van der Waals surface area contributed by atoms with E-state index in [1.165, 1.54) is 5.32 Å². The van der Waals surface area contributed by atoms with Crippen LogP contribution in [0.4, 0.5) is 22.0 Å². The quantitative estimate of drug-likeness (QED) is 0.770. The van der Waals surface area contributed by atoms with Gasteiger partial charge in [-0.05, 0) is 0 Å². The topological polar surface area (TPSA) is 70.7 Å². The molecule has 1 aromatic heterocycles. The number of halogens is 5. The Morgan fingerprint density at radius 2 is 2.00 bits per heavy atom. The lowest BCUT2D eigenvalue weighted by Gasteiger charge is -2.19. The number of amides is 1. The molecule has 1 rings (SSSR count). The molecule has 1 heterocycles. The molecule has 2 N–H and O–H groups in total. The summed E-state index contributed by atoms with van der Waals surface area (Å²) >= 11 is 0. The van der Waals surface area contributed by atoms with Gasteiger partial charge in [-0.3, -0.25) is 4.79 Å². The van der Waals surface area contributed by atoms with E-state index in [0.717, 1.165) is 6.33 Å². The van der Waals surface area contributed by atoms with Gasteiger partial charge in [-0.25, -0.2) is 0 Å². The fourth-order valence-corrected chi connectivity index (χ4v) is 0.692. The summed E-state index contributed by atoms with van der Waals surface area (Å²) in [6, 6.07) is 0. The predicted octanol–water partition coefficient (Wildman–Crippen LogP) is 0.732. The van der Waals surface area contributed by atoms with Crippen molar-refractivity contribution in [2.45, 2.75) is 12.1 Å². The monoisotopic (exact) mass is 244 g/mol. The van der Waals surface area contributed by atoms with E-state index < -0.39 is 30.4 Å². The number of rotatable bonds is 3. The van der Waals surface area contributed by atoms with Crippen LogP contribution in [0.1, 0.15) is 10.6 Å². The van der Waals surface area contributed by atoms with Crippen molar-refractivity contribution in [1.29, 1.82) is 0 Å². The number of hydrogen-bond acceptors (Lipinski definition) is 3. The van der Waals surface area contributed by atoms with Crippen LogP contribution in [0.3, 0.4) is 0 Å². The van der Waals surface area contributed by atoms with Gasteiger partial charge in [-0.15, -0.1) is 10.2 Å². The van der Waals surface area contributed by atoms with Crippen molar-refractivity contribution in [3.63, 3.8) is 0 Å². The number of aromatic nitrogens is 3. The summed E-state index contributed by atoms with van der Waals surface area (Å²) in [4.78, 5) is 13.1. The van der Waals surface area contributed by atoms with Gasteiger partial charge in [0.2, 0.25) is 5.82 Å². The summed E-state index contributed by atoms with van der Waals surface area (Å²) < 4.78 is 59.8. The summed E-state index contributed by atoms with van der Waals surface area (Å²) in [5, 5.41) is 7.68. The highest BCUT2D eigenvalue weighted by Crippen LogP contribution is 2.34. The second-order valence-corrected chi connectivity index (χ2v) is 2.72. The van der Waals surface area contributed by atoms with Gasteiger partial charge >= 0.3 is 12.1 Å². The molecule has 1 amide bonds. The molecule has 1 aromatic rings. The molecule has 0 saturated heterocycles. The lowest BCUT2D eigenvalue weighted by molar-refractivity contribution is -0.278. The molecule has 0 radical (unpaired) electrons. The summed E-state index contributed by atoms with van der Waals surface area (Å²) in [6.45, 7) is -1.85. The Labute approximate surface area is 85.0 Å². The third-order valence-electron chi connectivity index (χ3n) is 1.52. The molecule has 0 unspecified atom stereocenters. The zero-order valence-corrected chi connectivity index (χ0v) is 7.48. The Morgan fingerprint density at radius 1 is 1.38 bits per heavy atom. The number of nitrogens with one attached hydrogen (secondary N) is 2. The van der Waals surface area contributed by atoms with Gasteiger partial charge in [0.05, 0.1) is 6.54 Å². The Kier molecular flexibility index (Phi) is 3.10. The first-order valence-electron chi connectivity index (χ1n) is 3.83. The van der Waals surface area contributed by atoms with Crippen LogP contribution in [-0.4, -0.2) is 39.7 Å². The molecule has 5 nitrogen and oxygen atoms in total. The highest BCUT2D eigenvalue weighted by Gasteiger charge is 2.57. The third-order valence-corrected chi connectivity index (χ3v) is 1.52. The number of aromatic amines is 1. The van der Waals surface area contributed by atoms with E-state index in [-0.39, 0.29) is 0 Å². The minimum atomic E-state index is -5.71. The number of alkyl halides is 5. The van der Waals surface area contributed by atoms with Crippen molar-refractivity contribution >= 4 is 5.91 Å². The summed E-state index contributed by atoms with van der Waals surface area (Å²) in [5.41, 5.74) is 0. The predicted molar refractivity (Wildman–Crippen MR) is 39.7 cm³/mol. The second kappa shape index (κ2) is 4.02. The van der Waals surface area contributed by atoms with Crippen molar-refractivity contribution in [2.24, 2.45) is 0 Å². The van der Waals surface area contributed by atoms with Crippen LogP contribution in [0.5, 0.6) is 0 Å². The molecular weight excluding hydrogens is 239 g/mol. The molecule has 0 aliphatic heterocycles. The Morgan fingerprint density at radius 3 is 2.44 bits per heavy atom. The molecule has 0 fully saturated rings. The van der Waals surface area contributed by atoms with Crippen LogP contribution < -0.4 is 5.32 Å². The van der Waals surface area contributed by atoms with Gasteiger partial charge in [0.25, 0.3) is 5.91 Å². The van der Waals surface area contributed by atoms with E-state index in [9.17, 15) is 26.7 Å². The first-order chi connectivity index (χ1) is 7.24. The highest BCUT2D eigenvalue weighted by molar-refractivity contribution is 5.90. The van der Waals surface area contributed by atoms with Crippen LogP contribution in [0.15, 0.2) is 6.33 Å². The SMILES string of the molecule is O=C(NCC(F)(F)C(F)(F)F)c1nnc[nH]1. The fraction of sp³-hybridized carbons (Fsp3) is 0.500. The average molecular weight is 244 g/mol. The van der Waals surface area contributed by atoms with Crippen molar-refractivity contribution in [3.8, 4) is 0 Å². The molecule has 90 valence electrons. The zero-order chi connectivity index (χ0) is 12.4. The van der Waals surface area contributed by atoms with Crippen molar-refractivity contribution in [3.05, 3.63) is 12.2 Å². The van der Waals surface area contributed by atoms with Crippen LogP contribution >= 0.6 is 0 Å². The lowest BCUT2D eigenvalue weighted by Crippen LogP contribution is -2.46. The summed E-state index contributed by atoms with van der Waals surface area (Å²) in [7, 11) is 0. The number of nitrogens with zero attached hydrogens (tertiary/aromatic N) is 2. The Hall–Kier alpha value is -1.74. The normalized spacial score (nSPS) is 12.6. The highest BCUT2D eigenvalue weighted by atomic mass is 19.4. The first-order valence-corrected chi connectivity index (χ1v) is 3.83. The molecule has 0 aliphatic rings. The smallest absolute Gasteiger partial charge is 0.343 e. The second-order valence-electron chi connectivity index (χ2n) is 2.72. The number of H-pyrrole nitrogens is 1. The van der Waals surface area contributed by atoms with Crippen molar-refractivity contribution in [1.82, 2.24) is 20.5 Å².